The van der Waals surface area contributed by atoms with Crippen LogP contribution in [0.3, 0.4) is 0 Å². The van der Waals surface area contributed by atoms with Gasteiger partial charge in [-0.25, -0.2) is 9.50 Å². The van der Waals surface area contributed by atoms with Gasteiger partial charge in [-0.2, -0.15) is 10.4 Å². The van der Waals surface area contributed by atoms with E-state index in [0.29, 0.717) is 49.2 Å². The zero-order valence-electron chi connectivity index (χ0n) is 20.1. The highest BCUT2D eigenvalue weighted by molar-refractivity contribution is 5.85. The molecule has 4 aromatic rings. The SMILES string of the molecule is CC(O)COc1cc(-c2ccc(N3CCC(O)(Cc4ccccn4)CC3)nc2)c2c(C#N)cnn2c1. The monoisotopic (exact) mass is 484 g/mol. The van der Waals surface area contributed by atoms with E-state index in [1.54, 1.807) is 30.0 Å². The predicted octanol–water partition coefficient (Wildman–Crippen LogP) is 3.00. The minimum absolute atomic E-state index is 0.149. The number of nitrogens with zero attached hydrogens (tertiary/aromatic N) is 6. The molecule has 1 saturated heterocycles. The number of pyridine rings is 3. The standard InChI is InChI=1S/C27H28N6O3/c1-19(34)18-36-23-12-24(26-21(14-28)16-31-33(26)17-23)20-5-6-25(30-15-20)32-10-7-27(35,8-11-32)13-22-4-2-3-9-29-22/h2-6,9,12,15-17,19,34-35H,7-8,10-11,13,18H2,1H3. The number of fused-ring (bicyclic) bond motifs is 1. The first kappa shape index (κ1) is 23.7. The molecule has 1 unspecified atom stereocenters. The summed E-state index contributed by atoms with van der Waals surface area (Å²) in [6.07, 6.45) is 7.98. The lowest BCUT2D eigenvalue weighted by molar-refractivity contribution is 0.0156. The molecule has 5 heterocycles. The molecule has 1 fully saturated rings. The second-order valence-electron chi connectivity index (χ2n) is 9.33. The van der Waals surface area contributed by atoms with E-state index in [2.05, 4.69) is 21.1 Å². The summed E-state index contributed by atoms with van der Waals surface area (Å²) in [7, 11) is 0. The first-order valence-electron chi connectivity index (χ1n) is 12.0. The molecule has 0 aliphatic carbocycles. The maximum Gasteiger partial charge on any atom is 0.138 e. The van der Waals surface area contributed by atoms with Gasteiger partial charge < -0.3 is 19.8 Å². The van der Waals surface area contributed by atoms with E-state index < -0.39 is 11.7 Å². The fourth-order valence-corrected chi connectivity index (χ4v) is 4.60. The third-order valence-corrected chi connectivity index (χ3v) is 6.51. The molecule has 4 aromatic heterocycles. The lowest BCUT2D eigenvalue weighted by Gasteiger charge is -2.38. The minimum Gasteiger partial charge on any atom is -0.489 e. The average Bonchev–Trinajstić information content (AvgIpc) is 3.31. The van der Waals surface area contributed by atoms with Gasteiger partial charge in [0, 0.05) is 48.7 Å². The summed E-state index contributed by atoms with van der Waals surface area (Å²) in [4.78, 5) is 11.2. The third kappa shape index (κ3) is 5.00. The van der Waals surface area contributed by atoms with Crippen molar-refractivity contribution in [3.8, 4) is 22.9 Å². The first-order valence-corrected chi connectivity index (χ1v) is 12.0. The Labute approximate surface area is 209 Å². The number of aliphatic hydroxyl groups excluding tert-OH is 1. The Balaban J connectivity index is 1.35. The van der Waals surface area contributed by atoms with Gasteiger partial charge in [-0.1, -0.05) is 6.07 Å². The Hall–Kier alpha value is -4.00. The van der Waals surface area contributed by atoms with E-state index in [1.165, 1.54) is 6.20 Å². The average molecular weight is 485 g/mol. The number of nitriles is 1. The predicted molar refractivity (Wildman–Crippen MR) is 135 cm³/mol. The summed E-state index contributed by atoms with van der Waals surface area (Å²) < 4.78 is 7.33. The van der Waals surface area contributed by atoms with E-state index in [1.807, 2.05) is 36.4 Å². The fourth-order valence-electron chi connectivity index (χ4n) is 4.60. The Bertz CT molecular complexity index is 1370. The summed E-state index contributed by atoms with van der Waals surface area (Å²) >= 11 is 0. The van der Waals surface area contributed by atoms with Crippen molar-refractivity contribution in [2.45, 2.75) is 37.9 Å². The van der Waals surface area contributed by atoms with E-state index in [9.17, 15) is 15.5 Å². The molecule has 2 N–H and O–H groups in total. The molecule has 0 amide bonds. The highest BCUT2D eigenvalue weighted by atomic mass is 16.5. The molecule has 1 aliphatic rings. The summed E-state index contributed by atoms with van der Waals surface area (Å²) in [5.41, 5.74) is 2.87. The second-order valence-corrected chi connectivity index (χ2v) is 9.33. The van der Waals surface area contributed by atoms with Crippen molar-refractivity contribution < 1.29 is 14.9 Å². The smallest absolute Gasteiger partial charge is 0.138 e. The minimum atomic E-state index is -0.765. The number of aromatic nitrogens is 4. The summed E-state index contributed by atoms with van der Waals surface area (Å²) in [6.45, 7) is 3.20. The molecule has 9 nitrogen and oxygen atoms in total. The number of ether oxygens (including phenoxy) is 1. The Morgan fingerprint density at radius 3 is 2.67 bits per heavy atom. The van der Waals surface area contributed by atoms with Gasteiger partial charge >= 0.3 is 0 Å². The van der Waals surface area contributed by atoms with Gasteiger partial charge in [-0.3, -0.25) is 4.98 Å². The number of rotatable bonds is 7. The molecule has 0 radical (unpaired) electrons. The van der Waals surface area contributed by atoms with Crippen LogP contribution in [0, 0.1) is 11.3 Å². The molecule has 9 heteroatoms. The van der Waals surface area contributed by atoms with Crippen LogP contribution in [0.5, 0.6) is 5.75 Å². The van der Waals surface area contributed by atoms with E-state index in [0.717, 1.165) is 22.6 Å². The molecule has 1 aliphatic heterocycles. The summed E-state index contributed by atoms with van der Waals surface area (Å²) in [5.74, 6) is 1.38. The van der Waals surface area contributed by atoms with Crippen LogP contribution in [0.1, 0.15) is 31.0 Å². The molecule has 5 rings (SSSR count). The van der Waals surface area contributed by atoms with Crippen LogP contribution in [-0.4, -0.2) is 61.2 Å². The zero-order valence-corrected chi connectivity index (χ0v) is 20.1. The van der Waals surface area contributed by atoms with Crippen LogP contribution in [0.25, 0.3) is 16.6 Å². The van der Waals surface area contributed by atoms with Gasteiger partial charge in [-0.05, 0) is 50.1 Å². The van der Waals surface area contributed by atoms with Crippen molar-refractivity contribution in [1.82, 2.24) is 19.6 Å². The highest BCUT2D eigenvalue weighted by Crippen LogP contribution is 2.33. The molecular formula is C27H28N6O3. The molecule has 0 spiro atoms. The molecule has 184 valence electrons. The first-order chi connectivity index (χ1) is 17.4. The van der Waals surface area contributed by atoms with Crippen molar-refractivity contribution in [2.24, 2.45) is 0 Å². The third-order valence-electron chi connectivity index (χ3n) is 6.51. The van der Waals surface area contributed by atoms with Gasteiger partial charge in [0.25, 0.3) is 0 Å². The Morgan fingerprint density at radius 1 is 1.17 bits per heavy atom. The Kier molecular flexibility index (Phi) is 6.55. The van der Waals surface area contributed by atoms with Crippen molar-refractivity contribution in [2.75, 3.05) is 24.6 Å². The molecule has 0 aromatic carbocycles. The number of hydrogen-bond donors (Lipinski definition) is 2. The van der Waals surface area contributed by atoms with Crippen molar-refractivity contribution >= 4 is 11.3 Å². The largest absolute Gasteiger partial charge is 0.489 e. The van der Waals surface area contributed by atoms with Crippen LogP contribution in [-0.2, 0) is 6.42 Å². The quantitative estimate of drug-likeness (QED) is 0.411. The number of aliphatic hydroxyl groups is 2. The zero-order chi connectivity index (χ0) is 25.1. The molecule has 0 saturated carbocycles. The van der Waals surface area contributed by atoms with Crippen LogP contribution in [0.15, 0.2) is 61.2 Å². The highest BCUT2D eigenvalue weighted by Gasteiger charge is 2.33. The van der Waals surface area contributed by atoms with E-state index >= 15 is 0 Å². The van der Waals surface area contributed by atoms with E-state index in [4.69, 9.17) is 9.72 Å². The molecule has 1 atom stereocenters. The van der Waals surface area contributed by atoms with Crippen LogP contribution < -0.4 is 9.64 Å². The Morgan fingerprint density at radius 2 is 2.00 bits per heavy atom. The molecule has 36 heavy (non-hydrogen) atoms. The van der Waals surface area contributed by atoms with Gasteiger partial charge in [0.05, 0.1) is 35.2 Å². The lowest BCUT2D eigenvalue weighted by Crippen LogP contribution is -2.46. The number of hydrogen-bond acceptors (Lipinski definition) is 8. The summed E-state index contributed by atoms with van der Waals surface area (Å²) in [6, 6.07) is 13.7. The normalized spacial score (nSPS) is 16.0. The topological polar surface area (TPSA) is 120 Å². The molecular weight excluding hydrogens is 456 g/mol. The van der Waals surface area contributed by atoms with Crippen molar-refractivity contribution in [1.29, 1.82) is 5.26 Å². The maximum absolute atomic E-state index is 11.1. The van der Waals surface area contributed by atoms with Crippen LogP contribution in [0.4, 0.5) is 5.82 Å². The van der Waals surface area contributed by atoms with Crippen LogP contribution in [0.2, 0.25) is 0 Å². The van der Waals surface area contributed by atoms with Crippen molar-refractivity contribution in [3.05, 3.63) is 72.4 Å². The lowest BCUT2D eigenvalue weighted by atomic mass is 9.87. The van der Waals surface area contributed by atoms with E-state index in [-0.39, 0.29) is 6.61 Å². The van der Waals surface area contributed by atoms with Gasteiger partial charge in [0.2, 0.25) is 0 Å². The van der Waals surface area contributed by atoms with Crippen molar-refractivity contribution in [3.63, 3.8) is 0 Å². The number of piperidine rings is 1. The van der Waals surface area contributed by atoms with Gasteiger partial charge in [0.1, 0.15) is 24.2 Å². The maximum atomic E-state index is 11.1. The summed E-state index contributed by atoms with van der Waals surface area (Å²) in [5, 5.41) is 34.5. The van der Waals surface area contributed by atoms with Gasteiger partial charge in [0.15, 0.2) is 0 Å². The van der Waals surface area contributed by atoms with Gasteiger partial charge in [-0.15, -0.1) is 0 Å². The fraction of sp³-hybridized carbons (Fsp3) is 0.333. The number of anilines is 1. The van der Waals surface area contributed by atoms with Crippen LogP contribution >= 0.6 is 0 Å². The second kappa shape index (κ2) is 9.93. The molecule has 0 bridgehead atoms.